The van der Waals surface area contributed by atoms with E-state index in [0.717, 1.165) is 32.8 Å². The van der Waals surface area contributed by atoms with Crippen LogP contribution in [0.3, 0.4) is 0 Å². The van der Waals surface area contributed by atoms with E-state index in [1.165, 1.54) is 0 Å². The van der Waals surface area contributed by atoms with Crippen LogP contribution in [0.1, 0.15) is 30.1 Å². The van der Waals surface area contributed by atoms with Crippen molar-refractivity contribution in [3.63, 3.8) is 0 Å². The van der Waals surface area contributed by atoms with E-state index in [4.69, 9.17) is 21.3 Å². The summed E-state index contributed by atoms with van der Waals surface area (Å²) >= 11 is 9.56. The Kier molecular flexibility index (Phi) is 7.29. The van der Waals surface area contributed by atoms with Crippen molar-refractivity contribution < 1.29 is 4.74 Å². The highest BCUT2D eigenvalue weighted by molar-refractivity contribution is 7.98. The van der Waals surface area contributed by atoms with E-state index in [-0.39, 0.29) is 6.10 Å². The number of hydrogen-bond donors (Lipinski definition) is 0. The number of allylic oxidation sites excluding steroid dienone is 1. The Bertz CT molecular complexity index is 1210. The molecule has 4 aromatic rings. The molecule has 0 aliphatic rings. The fourth-order valence-electron chi connectivity index (χ4n) is 3.18. The minimum absolute atomic E-state index is 0.319. The third-order valence-electron chi connectivity index (χ3n) is 4.73. The van der Waals surface area contributed by atoms with Gasteiger partial charge in [0.1, 0.15) is 10.8 Å². The topological polar surface area (TPSA) is 52.8 Å². The Balaban J connectivity index is 1.49. The van der Waals surface area contributed by atoms with E-state index in [1.807, 2.05) is 60.9 Å². The van der Waals surface area contributed by atoms with Crippen molar-refractivity contribution in [1.29, 1.82) is 0 Å². The summed E-state index contributed by atoms with van der Waals surface area (Å²) in [4.78, 5) is 4.77. The van der Waals surface area contributed by atoms with Gasteiger partial charge in [-0.25, -0.2) is 4.98 Å². The molecule has 1 unspecified atom stereocenters. The predicted molar refractivity (Wildman–Crippen MR) is 133 cm³/mol. The fraction of sp³-hybridized carbons (Fsp3) is 0.208. The lowest BCUT2D eigenvalue weighted by Crippen LogP contribution is -2.12. The number of benzene rings is 2. The molecule has 0 saturated heterocycles. The van der Waals surface area contributed by atoms with E-state index >= 15 is 0 Å². The molecule has 2 aromatic carbocycles. The molecule has 5 nitrogen and oxygen atoms in total. The van der Waals surface area contributed by atoms with Crippen LogP contribution in [-0.2, 0) is 12.3 Å². The molecule has 0 radical (unpaired) electrons. The first kappa shape index (κ1) is 22.6. The van der Waals surface area contributed by atoms with E-state index in [1.54, 1.807) is 23.1 Å². The van der Waals surface area contributed by atoms with Gasteiger partial charge < -0.3 is 4.74 Å². The normalized spacial score (nSPS) is 12.0. The average molecular weight is 483 g/mol. The molecular formula is C24H23ClN4OS2. The molecule has 2 aromatic heterocycles. The van der Waals surface area contributed by atoms with E-state index in [0.29, 0.717) is 23.1 Å². The van der Waals surface area contributed by atoms with Gasteiger partial charge >= 0.3 is 0 Å². The lowest BCUT2D eigenvalue weighted by Gasteiger charge is -2.17. The Morgan fingerprint density at radius 3 is 2.81 bits per heavy atom. The van der Waals surface area contributed by atoms with Crippen molar-refractivity contribution in [3.8, 4) is 16.3 Å². The van der Waals surface area contributed by atoms with Crippen LogP contribution in [0, 0.1) is 6.92 Å². The smallest absolute Gasteiger partial charge is 0.192 e. The highest BCUT2D eigenvalue weighted by Gasteiger charge is 2.20. The standard InChI is InChI=1S/C24H23ClN4OS2/c1-4-12-29-22(17(3)30-21-13-16(2)10-11-20(21)25)27-28-24(29)32-15-19-14-31-23(26-19)18-8-6-5-7-9-18/h4-11,13-14,17H,1,12,15H2,2-3H3. The molecule has 0 saturated carbocycles. The number of halogens is 1. The summed E-state index contributed by atoms with van der Waals surface area (Å²) in [7, 11) is 0. The van der Waals surface area contributed by atoms with Crippen LogP contribution < -0.4 is 4.74 Å². The summed E-state index contributed by atoms with van der Waals surface area (Å²) in [5, 5.41) is 13.3. The number of hydrogen-bond acceptors (Lipinski definition) is 6. The minimum Gasteiger partial charge on any atom is -0.481 e. The number of aryl methyl sites for hydroxylation is 1. The van der Waals surface area contributed by atoms with E-state index < -0.39 is 0 Å². The number of nitrogens with zero attached hydrogens (tertiary/aromatic N) is 4. The molecule has 164 valence electrons. The molecule has 0 aliphatic carbocycles. The van der Waals surface area contributed by atoms with Crippen molar-refractivity contribution in [3.05, 3.63) is 88.7 Å². The molecule has 0 aliphatic heterocycles. The highest BCUT2D eigenvalue weighted by Crippen LogP contribution is 2.32. The van der Waals surface area contributed by atoms with Crippen molar-refractivity contribution in [2.24, 2.45) is 0 Å². The van der Waals surface area contributed by atoms with Gasteiger partial charge in [-0.1, -0.05) is 65.8 Å². The zero-order chi connectivity index (χ0) is 22.5. The average Bonchev–Trinajstić information content (AvgIpc) is 3.43. The van der Waals surface area contributed by atoms with Gasteiger partial charge in [0.25, 0.3) is 0 Å². The monoisotopic (exact) mass is 482 g/mol. The zero-order valence-corrected chi connectivity index (χ0v) is 20.3. The second kappa shape index (κ2) is 10.3. The molecule has 0 spiro atoms. The predicted octanol–water partition coefficient (Wildman–Crippen LogP) is 6.98. The SMILES string of the molecule is C=CCn1c(SCc2csc(-c3ccccc3)n2)nnc1C(C)Oc1cc(C)ccc1Cl. The Morgan fingerprint density at radius 2 is 2.03 bits per heavy atom. The summed E-state index contributed by atoms with van der Waals surface area (Å²) in [6.45, 7) is 8.43. The quantitative estimate of drug-likeness (QED) is 0.190. The maximum Gasteiger partial charge on any atom is 0.192 e. The largest absolute Gasteiger partial charge is 0.481 e. The number of aromatic nitrogens is 4. The van der Waals surface area contributed by atoms with Crippen molar-refractivity contribution in [2.75, 3.05) is 0 Å². The first-order valence-corrected chi connectivity index (χ1v) is 12.4. The van der Waals surface area contributed by atoms with Crippen LogP contribution >= 0.6 is 34.7 Å². The summed E-state index contributed by atoms with van der Waals surface area (Å²) in [5.74, 6) is 2.07. The Morgan fingerprint density at radius 1 is 1.22 bits per heavy atom. The number of rotatable bonds is 9. The van der Waals surface area contributed by atoms with Crippen molar-refractivity contribution in [1.82, 2.24) is 19.7 Å². The zero-order valence-electron chi connectivity index (χ0n) is 17.9. The van der Waals surface area contributed by atoms with Crippen molar-refractivity contribution in [2.45, 2.75) is 37.4 Å². The third-order valence-corrected chi connectivity index (χ3v) is 6.99. The Labute approximate surface area is 201 Å². The summed E-state index contributed by atoms with van der Waals surface area (Å²) in [5.41, 5.74) is 3.23. The number of thioether (sulfide) groups is 1. The first-order valence-electron chi connectivity index (χ1n) is 10.1. The van der Waals surface area contributed by atoms with Gasteiger partial charge in [0.05, 0.1) is 10.7 Å². The van der Waals surface area contributed by atoms with Crippen LogP contribution in [0.25, 0.3) is 10.6 Å². The summed E-state index contributed by atoms with van der Waals surface area (Å²) in [6, 6.07) is 15.9. The molecule has 0 bridgehead atoms. The van der Waals surface area contributed by atoms with Gasteiger partial charge in [-0.2, -0.15) is 0 Å². The maximum absolute atomic E-state index is 6.30. The van der Waals surface area contributed by atoms with E-state index in [2.05, 4.69) is 34.3 Å². The maximum atomic E-state index is 6.30. The van der Waals surface area contributed by atoms with Crippen LogP contribution in [-0.4, -0.2) is 19.7 Å². The highest BCUT2D eigenvalue weighted by atomic mass is 35.5. The molecule has 2 heterocycles. The molecule has 8 heteroatoms. The second-order valence-corrected chi connectivity index (χ2v) is 9.44. The van der Waals surface area contributed by atoms with Gasteiger partial charge in [-0.3, -0.25) is 4.57 Å². The Hall–Kier alpha value is -2.61. The van der Waals surface area contributed by atoms with Crippen LogP contribution in [0.2, 0.25) is 5.02 Å². The number of thiazole rings is 1. The molecule has 32 heavy (non-hydrogen) atoms. The van der Waals surface area contributed by atoms with Gasteiger partial charge in [0, 0.05) is 23.2 Å². The first-order chi connectivity index (χ1) is 15.5. The van der Waals surface area contributed by atoms with Gasteiger partial charge in [0.2, 0.25) is 0 Å². The molecule has 1 atom stereocenters. The van der Waals surface area contributed by atoms with Crippen LogP contribution in [0.15, 0.2) is 71.7 Å². The van der Waals surface area contributed by atoms with Crippen LogP contribution in [0.5, 0.6) is 5.75 Å². The van der Waals surface area contributed by atoms with Crippen LogP contribution in [0.4, 0.5) is 0 Å². The second-order valence-electron chi connectivity index (χ2n) is 7.23. The lowest BCUT2D eigenvalue weighted by atomic mass is 10.2. The lowest BCUT2D eigenvalue weighted by molar-refractivity contribution is 0.210. The molecule has 0 amide bonds. The molecule has 4 rings (SSSR count). The summed E-state index contributed by atoms with van der Waals surface area (Å²) in [6.07, 6.45) is 1.51. The van der Waals surface area contributed by atoms with Crippen molar-refractivity contribution >= 4 is 34.7 Å². The number of ether oxygens (including phenoxy) is 1. The minimum atomic E-state index is -0.319. The van der Waals surface area contributed by atoms with E-state index in [9.17, 15) is 0 Å². The third kappa shape index (κ3) is 5.23. The van der Waals surface area contributed by atoms with Gasteiger partial charge in [-0.05, 0) is 31.5 Å². The molecular weight excluding hydrogens is 460 g/mol. The molecule has 0 N–H and O–H groups in total. The summed E-state index contributed by atoms with van der Waals surface area (Å²) < 4.78 is 8.14. The fourth-order valence-corrected chi connectivity index (χ4v) is 5.12. The van der Waals surface area contributed by atoms with Gasteiger partial charge in [-0.15, -0.1) is 28.1 Å². The molecule has 0 fully saturated rings. The van der Waals surface area contributed by atoms with Gasteiger partial charge in [0.15, 0.2) is 17.1 Å².